The predicted molar refractivity (Wildman–Crippen MR) is 108 cm³/mol. The minimum atomic E-state index is -0.542. The Bertz CT molecular complexity index is 815. The van der Waals surface area contributed by atoms with E-state index in [1.54, 1.807) is 6.92 Å². The number of amides is 2. The number of ether oxygens (including phenoxy) is 1. The van der Waals surface area contributed by atoms with Crippen molar-refractivity contribution >= 4 is 29.1 Å². The standard InChI is InChI=1S/C20H25N3O4S/c1-4-21-17(24)10-22-18(25)11-27-19(26)9-16-12-28-20(23-16)15-7-5-14(6-8-15)13(2)3/h5-8,12-13H,4,9-11H2,1-3H3,(H,21,24)(H,22,25). The van der Waals surface area contributed by atoms with E-state index < -0.39 is 18.5 Å². The number of esters is 1. The van der Waals surface area contributed by atoms with Crippen LogP contribution < -0.4 is 10.6 Å². The Hall–Kier alpha value is -2.74. The quantitative estimate of drug-likeness (QED) is 0.626. The molecule has 2 aromatic rings. The summed E-state index contributed by atoms with van der Waals surface area (Å²) in [5, 5.41) is 7.58. The molecule has 0 aliphatic rings. The molecule has 0 aliphatic carbocycles. The van der Waals surface area contributed by atoms with Gasteiger partial charge in [-0.25, -0.2) is 4.98 Å². The molecule has 2 rings (SSSR count). The maximum atomic E-state index is 11.9. The summed E-state index contributed by atoms with van der Waals surface area (Å²) in [4.78, 5) is 39.2. The molecule has 0 unspecified atom stereocenters. The SMILES string of the molecule is CCNC(=O)CNC(=O)COC(=O)Cc1csc(-c2ccc(C(C)C)cc2)n1. The molecule has 2 N–H and O–H groups in total. The number of rotatable bonds is 9. The van der Waals surface area contributed by atoms with Crippen LogP contribution in [0, 0.1) is 0 Å². The van der Waals surface area contributed by atoms with E-state index >= 15 is 0 Å². The molecule has 0 aliphatic heterocycles. The van der Waals surface area contributed by atoms with Gasteiger partial charge in [-0.3, -0.25) is 14.4 Å². The highest BCUT2D eigenvalue weighted by Gasteiger charge is 2.13. The second-order valence-electron chi connectivity index (χ2n) is 6.49. The van der Waals surface area contributed by atoms with Crippen LogP contribution in [0.1, 0.15) is 37.9 Å². The molecule has 1 aromatic carbocycles. The van der Waals surface area contributed by atoms with Crippen LogP contribution in [0.5, 0.6) is 0 Å². The molecule has 0 fully saturated rings. The van der Waals surface area contributed by atoms with Gasteiger partial charge in [0.1, 0.15) is 5.01 Å². The molecule has 150 valence electrons. The first-order valence-corrected chi connectivity index (χ1v) is 10.0. The van der Waals surface area contributed by atoms with Crippen molar-refractivity contribution in [1.29, 1.82) is 0 Å². The fourth-order valence-corrected chi connectivity index (χ4v) is 3.19. The van der Waals surface area contributed by atoms with Gasteiger partial charge in [0.15, 0.2) is 6.61 Å². The number of carbonyl (C=O) groups is 3. The predicted octanol–water partition coefficient (Wildman–Crippen LogP) is 2.27. The molecule has 28 heavy (non-hydrogen) atoms. The summed E-state index contributed by atoms with van der Waals surface area (Å²) in [5.74, 6) is -0.892. The summed E-state index contributed by atoms with van der Waals surface area (Å²) in [6, 6.07) is 8.20. The van der Waals surface area contributed by atoms with Crippen molar-refractivity contribution < 1.29 is 19.1 Å². The molecule has 1 aromatic heterocycles. The normalized spacial score (nSPS) is 10.6. The van der Waals surface area contributed by atoms with Crippen LogP contribution in [-0.4, -0.2) is 42.5 Å². The number of nitrogens with zero attached hydrogens (tertiary/aromatic N) is 1. The molecule has 0 atom stereocenters. The van der Waals surface area contributed by atoms with Gasteiger partial charge in [-0.2, -0.15) is 0 Å². The van der Waals surface area contributed by atoms with Crippen molar-refractivity contribution in [2.24, 2.45) is 0 Å². The lowest BCUT2D eigenvalue weighted by molar-refractivity contribution is -0.148. The average Bonchev–Trinajstić information content (AvgIpc) is 3.13. The van der Waals surface area contributed by atoms with Crippen molar-refractivity contribution in [2.45, 2.75) is 33.1 Å². The second-order valence-corrected chi connectivity index (χ2v) is 7.35. The highest BCUT2D eigenvalue weighted by molar-refractivity contribution is 7.13. The summed E-state index contributed by atoms with van der Waals surface area (Å²) in [6.07, 6.45) is -0.00974. The molecule has 0 saturated carbocycles. The number of likely N-dealkylation sites (N-methyl/N-ethyl adjacent to an activating group) is 1. The van der Waals surface area contributed by atoms with E-state index in [9.17, 15) is 14.4 Å². The zero-order chi connectivity index (χ0) is 20.5. The Labute approximate surface area is 168 Å². The van der Waals surface area contributed by atoms with Gasteiger partial charge in [0.05, 0.1) is 18.7 Å². The number of hydrogen-bond donors (Lipinski definition) is 2. The highest BCUT2D eigenvalue weighted by Crippen LogP contribution is 2.26. The first kappa shape index (κ1) is 21.6. The molecule has 0 saturated heterocycles. The molecular formula is C20H25N3O4S. The molecular weight excluding hydrogens is 378 g/mol. The smallest absolute Gasteiger partial charge is 0.312 e. The minimum Gasteiger partial charge on any atom is -0.455 e. The molecule has 0 radical (unpaired) electrons. The van der Waals surface area contributed by atoms with Gasteiger partial charge in [-0.1, -0.05) is 38.1 Å². The van der Waals surface area contributed by atoms with Crippen LogP contribution >= 0.6 is 11.3 Å². The third-order valence-electron chi connectivity index (χ3n) is 3.89. The zero-order valence-electron chi connectivity index (χ0n) is 16.3. The third-order valence-corrected chi connectivity index (χ3v) is 4.83. The number of nitrogens with one attached hydrogen (secondary N) is 2. The second kappa shape index (κ2) is 10.6. The van der Waals surface area contributed by atoms with E-state index in [-0.39, 0.29) is 18.9 Å². The summed E-state index contributed by atoms with van der Waals surface area (Å²) >= 11 is 1.46. The van der Waals surface area contributed by atoms with Gasteiger partial charge in [0, 0.05) is 17.5 Å². The van der Waals surface area contributed by atoms with Crippen LogP contribution in [0.2, 0.25) is 0 Å². The average molecular weight is 404 g/mol. The Kier molecular flexibility index (Phi) is 8.13. The summed E-state index contributed by atoms with van der Waals surface area (Å²) in [6.45, 7) is 5.99. The van der Waals surface area contributed by atoms with Crippen LogP contribution in [0.3, 0.4) is 0 Å². The first-order valence-electron chi connectivity index (χ1n) is 9.12. The fraction of sp³-hybridized carbons (Fsp3) is 0.400. The molecule has 2 amide bonds. The molecule has 8 heteroatoms. The maximum absolute atomic E-state index is 11.9. The largest absolute Gasteiger partial charge is 0.455 e. The van der Waals surface area contributed by atoms with E-state index in [1.807, 2.05) is 17.5 Å². The van der Waals surface area contributed by atoms with Crippen molar-refractivity contribution in [1.82, 2.24) is 15.6 Å². The number of aromatic nitrogens is 1. The van der Waals surface area contributed by atoms with E-state index in [0.717, 1.165) is 10.6 Å². The van der Waals surface area contributed by atoms with Gasteiger partial charge >= 0.3 is 5.97 Å². The van der Waals surface area contributed by atoms with Gasteiger partial charge in [0.2, 0.25) is 5.91 Å². The number of carbonyl (C=O) groups excluding carboxylic acids is 3. The zero-order valence-corrected chi connectivity index (χ0v) is 17.1. The van der Waals surface area contributed by atoms with Crippen molar-refractivity contribution in [3.63, 3.8) is 0 Å². The van der Waals surface area contributed by atoms with E-state index in [0.29, 0.717) is 18.2 Å². The van der Waals surface area contributed by atoms with Crippen LogP contribution in [-0.2, 0) is 25.5 Å². The lowest BCUT2D eigenvalue weighted by atomic mass is 10.0. The highest BCUT2D eigenvalue weighted by atomic mass is 32.1. The Morgan fingerprint density at radius 2 is 1.82 bits per heavy atom. The summed E-state index contributed by atoms with van der Waals surface area (Å²) in [5.41, 5.74) is 2.86. The molecule has 0 spiro atoms. The third kappa shape index (κ3) is 6.77. The van der Waals surface area contributed by atoms with Crippen LogP contribution in [0.15, 0.2) is 29.6 Å². The number of benzene rings is 1. The van der Waals surface area contributed by atoms with Crippen molar-refractivity contribution in [3.05, 3.63) is 40.9 Å². The Balaban J connectivity index is 1.80. The first-order chi connectivity index (χ1) is 13.4. The van der Waals surface area contributed by atoms with Crippen molar-refractivity contribution in [2.75, 3.05) is 19.7 Å². The summed E-state index contributed by atoms with van der Waals surface area (Å²) in [7, 11) is 0. The monoisotopic (exact) mass is 403 g/mol. The van der Waals surface area contributed by atoms with Gasteiger partial charge < -0.3 is 15.4 Å². The molecule has 0 bridgehead atoms. The lowest BCUT2D eigenvalue weighted by Gasteiger charge is -2.06. The summed E-state index contributed by atoms with van der Waals surface area (Å²) < 4.78 is 4.94. The van der Waals surface area contributed by atoms with Gasteiger partial charge in [-0.05, 0) is 18.4 Å². The van der Waals surface area contributed by atoms with E-state index in [1.165, 1.54) is 16.9 Å². The van der Waals surface area contributed by atoms with Crippen molar-refractivity contribution in [3.8, 4) is 10.6 Å². The van der Waals surface area contributed by atoms with Crippen LogP contribution in [0.25, 0.3) is 10.6 Å². The van der Waals surface area contributed by atoms with Gasteiger partial charge in [-0.15, -0.1) is 11.3 Å². The van der Waals surface area contributed by atoms with Gasteiger partial charge in [0.25, 0.3) is 5.91 Å². The fourth-order valence-electron chi connectivity index (χ4n) is 2.37. The van der Waals surface area contributed by atoms with E-state index in [2.05, 4.69) is 41.6 Å². The number of hydrogen-bond acceptors (Lipinski definition) is 6. The van der Waals surface area contributed by atoms with Crippen LogP contribution in [0.4, 0.5) is 0 Å². The van der Waals surface area contributed by atoms with E-state index in [4.69, 9.17) is 4.74 Å². The number of thiazole rings is 1. The topological polar surface area (TPSA) is 97.4 Å². The minimum absolute atomic E-state index is 0.00974. The molecule has 1 heterocycles. The molecule has 7 nitrogen and oxygen atoms in total. The maximum Gasteiger partial charge on any atom is 0.312 e. The Morgan fingerprint density at radius 1 is 1.11 bits per heavy atom. The lowest BCUT2D eigenvalue weighted by Crippen LogP contribution is -2.38. The Morgan fingerprint density at radius 3 is 2.46 bits per heavy atom.